The highest BCUT2D eigenvalue weighted by atomic mass is 16.3. The van der Waals surface area contributed by atoms with Gasteiger partial charge in [-0.15, -0.1) is 0 Å². The van der Waals surface area contributed by atoms with Crippen LogP contribution in [-0.2, 0) is 0 Å². The third-order valence-corrected chi connectivity index (χ3v) is 3.97. The van der Waals surface area contributed by atoms with E-state index >= 15 is 0 Å². The van der Waals surface area contributed by atoms with Crippen LogP contribution in [0.4, 0.5) is 0 Å². The Morgan fingerprint density at radius 1 is 0.957 bits per heavy atom. The van der Waals surface area contributed by atoms with Gasteiger partial charge in [0.05, 0.1) is 5.69 Å². The van der Waals surface area contributed by atoms with Crippen LogP contribution in [0.2, 0.25) is 0 Å². The summed E-state index contributed by atoms with van der Waals surface area (Å²) in [6.07, 6.45) is 1.46. The summed E-state index contributed by atoms with van der Waals surface area (Å²) in [6, 6.07) is 12.1. The molecule has 0 radical (unpaired) electrons. The Balaban J connectivity index is 2.04. The molecular weight excluding hydrogens is 288 g/mol. The molecule has 5 nitrogen and oxygen atoms in total. The molecule has 23 heavy (non-hydrogen) atoms. The van der Waals surface area contributed by atoms with Crippen LogP contribution in [0.1, 0.15) is 17.0 Å². The van der Waals surface area contributed by atoms with E-state index in [0.717, 1.165) is 45.1 Å². The van der Waals surface area contributed by atoms with E-state index in [4.69, 9.17) is 4.42 Å². The second-order valence-corrected chi connectivity index (χ2v) is 5.64. The van der Waals surface area contributed by atoms with Gasteiger partial charge in [0.25, 0.3) is 0 Å². The molecule has 5 heteroatoms. The molecule has 4 rings (SSSR count). The first-order chi connectivity index (χ1) is 11.1. The summed E-state index contributed by atoms with van der Waals surface area (Å²) in [6.45, 7) is 6.07. The molecule has 0 aliphatic carbocycles. The third-order valence-electron chi connectivity index (χ3n) is 3.97. The molecular formula is C18H16N4O. The van der Waals surface area contributed by atoms with Crippen molar-refractivity contribution < 1.29 is 4.42 Å². The van der Waals surface area contributed by atoms with E-state index in [0.29, 0.717) is 0 Å². The third kappa shape index (κ3) is 2.12. The molecule has 0 atom stereocenters. The smallest absolute Gasteiger partial charge is 0.182 e. The minimum Gasteiger partial charge on any atom is -0.443 e. The summed E-state index contributed by atoms with van der Waals surface area (Å²) < 4.78 is 7.32. The van der Waals surface area contributed by atoms with E-state index in [1.807, 2.05) is 29.8 Å². The fraction of sp³-hybridized carbons (Fsp3) is 0.167. The summed E-state index contributed by atoms with van der Waals surface area (Å²) in [4.78, 5) is 8.98. The molecule has 4 aromatic rings. The maximum Gasteiger partial charge on any atom is 0.182 e. The number of nitrogens with zero attached hydrogens (tertiary/aromatic N) is 4. The Morgan fingerprint density at radius 3 is 2.48 bits per heavy atom. The fourth-order valence-corrected chi connectivity index (χ4v) is 2.95. The van der Waals surface area contributed by atoms with Crippen molar-refractivity contribution in [2.24, 2.45) is 0 Å². The van der Waals surface area contributed by atoms with Crippen molar-refractivity contribution in [1.29, 1.82) is 0 Å². The number of rotatable bonds is 2. The Kier molecular flexibility index (Phi) is 3.01. The van der Waals surface area contributed by atoms with Crippen molar-refractivity contribution in [3.05, 3.63) is 59.7 Å². The predicted octanol–water partition coefficient (Wildman–Crippen LogP) is 4.00. The Bertz CT molecular complexity index is 993. The largest absolute Gasteiger partial charge is 0.443 e. The van der Waals surface area contributed by atoms with Gasteiger partial charge >= 0.3 is 0 Å². The zero-order valence-electron chi connectivity index (χ0n) is 13.2. The number of aryl methyl sites for hydroxylation is 3. The van der Waals surface area contributed by atoms with Gasteiger partial charge in [0.2, 0.25) is 0 Å². The van der Waals surface area contributed by atoms with Crippen molar-refractivity contribution in [2.75, 3.05) is 0 Å². The molecule has 2 aromatic carbocycles. The summed E-state index contributed by atoms with van der Waals surface area (Å²) in [5, 5.41) is 4.62. The van der Waals surface area contributed by atoms with Crippen molar-refractivity contribution >= 4 is 11.1 Å². The van der Waals surface area contributed by atoms with Gasteiger partial charge < -0.3 is 4.42 Å². The first-order valence-electron chi connectivity index (χ1n) is 7.48. The zero-order valence-corrected chi connectivity index (χ0v) is 13.2. The number of hydrogen-bond acceptors (Lipinski definition) is 4. The van der Waals surface area contributed by atoms with Crippen LogP contribution in [0, 0.1) is 20.8 Å². The Labute approximate surface area is 133 Å². The van der Waals surface area contributed by atoms with Gasteiger partial charge in [-0.25, -0.2) is 14.6 Å². The second kappa shape index (κ2) is 5.05. The minimum absolute atomic E-state index is 0.725. The van der Waals surface area contributed by atoms with E-state index in [1.54, 1.807) is 0 Å². The standard InChI is InChI=1S/C18H16N4O/c1-11-6-4-7-12(2)17(11)22-18(20-13(3)21-22)14-8-5-9-15-16(14)19-10-23-15/h4-10H,1-3H3. The number of hydrogen-bond donors (Lipinski definition) is 0. The van der Waals surface area contributed by atoms with Crippen LogP contribution < -0.4 is 0 Å². The monoisotopic (exact) mass is 304 g/mol. The highest BCUT2D eigenvalue weighted by Crippen LogP contribution is 2.29. The van der Waals surface area contributed by atoms with Crippen molar-refractivity contribution in [1.82, 2.24) is 19.7 Å². The number of oxazole rings is 1. The van der Waals surface area contributed by atoms with Gasteiger partial charge in [0.1, 0.15) is 11.3 Å². The molecule has 0 unspecified atom stereocenters. The Hall–Kier alpha value is -2.95. The molecule has 0 saturated heterocycles. The quantitative estimate of drug-likeness (QED) is 0.561. The molecule has 0 fully saturated rings. The van der Waals surface area contributed by atoms with E-state index in [2.05, 4.69) is 47.1 Å². The lowest BCUT2D eigenvalue weighted by Gasteiger charge is -2.12. The molecule has 0 bridgehead atoms. The summed E-state index contributed by atoms with van der Waals surface area (Å²) in [7, 11) is 0. The van der Waals surface area contributed by atoms with Crippen molar-refractivity contribution in [2.45, 2.75) is 20.8 Å². The topological polar surface area (TPSA) is 56.7 Å². The average Bonchev–Trinajstić information content (AvgIpc) is 3.13. The highest BCUT2D eigenvalue weighted by molar-refractivity contribution is 5.88. The van der Waals surface area contributed by atoms with Crippen molar-refractivity contribution in [3.8, 4) is 17.1 Å². The fourth-order valence-electron chi connectivity index (χ4n) is 2.95. The lowest BCUT2D eigenvalue weighted by atomic mass is 10.1. The lowest BCUT2D eigenvalue weighted by Crippen LogP contribution is -2.04. The highest BCUT2D eigenvalue weighted by Gasteiger charge is 2.18. The van der Waals surface area contributed by atoms with E-state index in [-0.39, 0.29) is 0 Å². The van der Waals surface area contributed by atoms with Crippen LogP contribution in [0.5, 0.6) is 0 Å². The normalized spacial score (nSPS) is 11.3. The van der Waals surface area contributed by atoms with Gasteiger partial charge in [0.15, 0.2) is 17.8 Å². The van der Waals surface area contributed by atoms with Crippen LogP contribution in [-0.4, -0.2) is 19.7 Å². The van der Waals surface area contributed by atoms with Crippen LogP contribution in [0.3, 0.4) is 0 Å². The number of benzene rings is 2. The maximum atomic E-state index is 5.41. The average molecular weight is 304 g/mol. The van der Waals surface area contributed by atoms with Crippen LogP contribution in [0.15, 0.2) is 47.2 Å². The molecule has 0 amide bonds. The molecule has 0 aliphatic heterocycles. The molecule has 114 valence electrons. The molecule has 0 N–H and O–H groups in total. The number of para-hydroxylation sites is 2. The summed E-state index contributed by atoms with van der Waals surface area (Å²) in [5.74, 6) is 1.50. The van der Waals surface area contributed by atoms with Gasteiger partial charge in [-0.2, -0.15) is 5.10 Å². The Morgan fingerprint density at radius 2 is 1.70 bits per heavy atom. The van der Waals surface area contributed by atoms with E-state index in [9.17, 15) is 0 Å². The first-order valence-corrected chi connectivity index (χ1v) is 7.48. The molecule has 2 aromatic heterocycles. The predicted molar refractivity (Wildman–Crippen MR) is 88.6 cm³/mol. The molecule has 0 spiro atoms. The van der Waals surface area contributed by atoms with Crippen LogP contribution >= 0.6 is 0 Å². The van der Waals surface area contributed by atoms with E-state index in [1.165, 1.54) is 6.39 Å². The van der Waals surface area contributed by atoms with Gasteiger partial charge in [-0.05, 0) is 44.0 Å². The maximum absolute atomic E-state index is 5.41. The first kappa shape index (κ1) is 13.7. The summed E-state index contributed by atoms with van der Waals surface area (Å²) in [5.41, 5.74) is 5.83. The number of aromatic nitrogens is 4. The van der Waals surface area contributed by atoms with Gasteiger partial charge in [-0.1, -0.05) is 24.3 Å². The minimum atomic E-state index is 0.725. The molecule has 0 saturated carbocycles. The van der Waals surface area contributed by atoms with Crippen molar-refractivity contribution in [3.63, 3.8) is 0 Å². The van der Waals surface area contributed by atoms with Crippen LogP contribution in [0.25, 0.3) is 28.2 Å². The number of fused-ring (bicyclic) bond motifs is 1. The molecule has 0 aliphatic rings. The molecule has 2 heterocycles. The summed E-state index contributed by atoms with van der Waals surface area (Å²) >= 11 is 0. The van der Waals surface area contributed by atoms with Gasteiger partial charge in [-0.3, -0.25) is 0 Å². The second-order valence-electron chi connectivity index (χ2n) is 5.64. The van der Waals surface area contributed by atoms with Gasteiger partial charge in [0, 0.05) is 5.56 Å². The SMILES string of the molecule is Cc1nc(-c2cccc3ocnc23)n(-c2c(C)cccc2C)n1. The lowest BCUT2D eigenvalue weighted by molar-refractivity contribution is 0.602. The van der Waals surface area contributed by atoms with E-state index < -0.39 is 0 Å². The zero-order chi connectivity index (χ0) is 16.0.